The third-order valence-corrected chi connectivity index (χ3v) is 4.49. The fourth-order valence-corrected chi connectivity index (χ4v) is 2.66. The van der Waals surface area contributed by atoms with E-state index in [1.807, 2.05) is 18.2 Å². The first-order chi connectivity index (χ1) is 11.9. The summed E-state index contributed by atoms with van der Waals surface area (Å²) in [6.07, 6.45) is 1.86. The van der Waals surface area contributed by atoms with Crippen LogP contribution in [0.15, 0.2) is 24.4 Å². The summed E-state index contributed by atoms with van der Waals surface area (Å²) >= 11 is 0. The Morgan fingerprint density at radius 2 is 1.88 bits per heavy atom. The van der Waals surface area contributed by atoms with Crippen LogP contribution in [0.1, 0.15) is 19.8 Å². The van der Waals surface area contributed by atoms with E-state index in [4.69, 9.17) is 5.11 Å². The molecule has 1 aromatic rings. The molecule has 1 N–H and O–H groups in total. The number of aromatic nitrogens is 1. The molecule has 0 saturated carbocycles. The molecule has 2 rings (SSSR count). The Balaban J connectivity index is 1.77. The third-order valence-electron chi connectivity index (χ3n) is 4.49. The van der Waals surface area contributed by atoms with Crippen LogP contribution in [0.3, 0.4) is 0 Å². The van der Waals surface area contributed by atoms with E-state index in [0.29, 0.717) is 26.2 Å². The molecule has 1 aliphatic heterocycles. The van der Waals surface area contributed by atoms with Crippen molar-refractivity contribution in [1.82, 2.24) is 14.8 Å². The number of hydrogen-bond acceptors (Lipinski definition) is 5. The first kappa shape index (κ1) is 18.7. The standard InChI is InChI=1S/C17H24N4O4/c1-13(17(24)25)19(2)15(22)6-7-16(23)21-11-9-20(10-12-21)14-5-3-4-8-18-14/h3-5,8,13H,6-7,9-12H2,1-2H3,(H,24,25). The fourth-order valence-electron chi connectivity index (χ4n) is 2.66. The largest absolute Gasteiger partial charge is 0.480 e. The van der Waals surface area contributed by atoms with Crippen molar-refractivity contribution in [3.63, 3.8) is 0 Å². The summed E-state index contributed by atoms with van der Waals surface area (Å²) in [5, 5.41) is 8.92. The number of amides is 2. The molecular formula is C17H24N4O4. The highest BCUT2D eigenvalue weighted by atomic mass is 16.4. The first-order valence-electron chi connectivity index (χ1n) is 8.32. The van der Waals surface area contributed by atoms with Gasteiger partial charge in [0.1, 0.15) is 11.9 Å². The summed E-state index contributed by atoms with van der Waals surface area (Å²) < 4.78 is 0. The molecule has 8 heteroatoms. The maximum absolute atomic E-state index is 12.3. The minimum Gasteiger partial charge on any atom is -0.480 e. The van der Waals surface area contributed by atoms with Gasteiger partial charge in [0.05, 0.1) is 0 Å². The number of carboxylic acids is 1. The van der Waals surface area contributed by atoms with Gasteiger partial charge in [0, 0.05) is 52.3 Å². The molecule has 25 heavy (non-hydrogen) atoms. The molecule has 2 heterocycles. The van der Waals surface area contributed by atoms with Crippen LogP contribution in [-0.4, -0.2) is 76.9 Å². The van der Waals surface area contributed by atoms with Crippen molar-refractivity contribution in [2.45, 2.75) is 25.8 Å². The molecule has 136 valence electrons. The monoisotopic (exact) mass is 348 g/mol. The van der Waals surface area contributed by atoms with Crippen LogP contribution in [0.4, 0.5) is 5.82 Å². The van der Waals surface area contributed by atoms with E-state index in [2.05, 4.69) is 9.88 Å². The number of nitrogens with zero attached hydrogens (tertiary/aromatic N) is 4. The molecule has 1 fully saturated rings. The second-order valence-corrected chi connectivity index (χ2v) is 6.07. The molecule has 0 aliphatic carbocycles. The Morgan fingerprint density at radius 3 is 2.44 bits per heavy atom. The first-order valence-corrected chi connectivity index (χ1v) is 8.32. The number of rotatable bonds is 6. The Bertz CT molecular complexity index is 614. The SMILES string of the molecule is CC(C(=O)O)N(C)C(=O)CCC(=O)N1CCN(c2ccccn2)CC1. The molecule has 1 saturated heterocycles. The number of aliphatic carboxylic acids is 1. The van der Waals surface area contributed by atoms with Crippen molar-refractivity contribution in [3.8, 4) is 0 Å². The second kappa shape index (κ2) is 8.46. The average Bonchev–Trinajstić information content (AvgIpc) is 2.65. The number of carbonyl (C=O) groups is 3. The number of piperazine rings is 1. The lowest BCUT2D eigenvalue weighted by Gasteiger charge is -2.35. The van der Waals surface area contributed by atoms with Crippen molar-refractivity contribution in [3.05, 3.63) is 24.4 Å². The zero-order chi connectivity index (χ0) is 18.4. The zero-order valence-corrected chi connectivity index (χ0v) is 14.6. The van der Waals surface area contributed by atoms with Gasteiger partial charge >= 0.3 is 5.97 Å². The van der Waals surface area contributed by atoms with Gasteiger partial charge in [0.15, 0.2) is 0 Å². The van der Waals surface area contributed by atoms with Crippen molar-refractivity contribution in [1.29, 1.82) is 0 Å². The van der Waals surface area contributed by atoms with E-state index in [-0.39, 0.29) is 24.7 Å². The highest BCUT2D eigenvalue weighted by molar-refractivity contribution is 5.86. The smallest absolute Gasteiger partial charge is 0.326 e. The fraction of sp³-hybridized carbons (Fsp3) is 0.529. The lowest BCUT2D eigenvalue weighted by Crippen LogP contribution is -2.49. The van der Waals surface area contributed by atoms with Gasteiger partial charge < -0.3 is 19.8 Å². The lowest BCUT2D eigenvalue weighted by molar-refractivity contribution is -0.148. The van der Waals surface area contributed by atoms with Gasteiger partial charge in [-0.1, -0.05) is 6.07 Å². The second-order valence-electron chi connectivity index (χ2n) is 6.07. The van der Waals surface area contributed by atoms with E-state index >= 15 is 0 Å². The minimum atomic E-state index is -1.06. The number of anilines is 1. The molecule has 8 nitrogen and oxygen atoms in total. The van der Waals surface area contributed by atoms with Gasteiger partial charge in [0.25, 0.3) is 0 Å². The van der Waals surface area contributed by atoms with Gasteiger partial charge in [0.2, 0.25) is 11.8 Å². The average molecular weight is 348 g/mol. The number of carbonyl (C=O) groups excluding carboxylic acids is 2. The highest BCUT2D eigenvalue weighted by Gasteiger charge is 2.25. The number of hydrogen-bond donors (Lipinski definition) is 1. The van der Waals surface area contributed by atoms with E-state index in [1.54, 1.807) is 11.1 Å². The highest BCUT2D eigenvalue weighted by Crippen LogP contribution is 2.13. The van der Waals surface area contributed by atoms with E-state index in [9.17, 15) is 14.4 Å². The quantitative estimate of drug-likeness (QED) is 0.802. The molecule has 1 atom stereocenters. The molecule has 2 amide bonds. The van der Waals surface area contributed by atoms with Crippen LogP contribution in [-0.2, 0) is 14.4 Å². The van der Waals surface area contributed by atoms with Crippen LogP contribution < -0.4 is 4.90 Å². The van der Waals surface area contributed by atoms with Crippen molar-refractivity contribution in [2.24, 2.45) is 0 Å². The summed E-state index contributed by atoms with van der Waals surface area (Å²) in [6, 6.07) is 4.84. The van der Waals surface area contributed by atoms with Gasteiger partial charge in [-0.05, 0) is 19.1 Å². The van der Waals surface area contributed by atoms with E-state index in [1.165, 1.54) is 14.0 Å². The maximum atomic E-state index is 12.3. The van der Waals surface area contributed by atoms with Gasteiger partial charge in [-0.15, -0.1) is 0 Å². The lowest BCUT2D eigenvalue weighted by atomic mass is 10.2. The van der Waals surface area contributed by atoms with Gasteiger partial charge in [-0.2, -0.15) is 0 Å². The number of pyridine rings is 1. The molecule has 0 bridgehead atoms. The Kier molecular flexibility index (Phi) is 6.32. The molecule has 0 spiro atoms. The zero-order valence-electron chi connectivity index (χ0n) is 14.6. The molecular weight excluding hydrogens is 324 g/mol. The van der Waals surface area contributed by atoms with Crippen LogP contribution in [0.25, 0.3) is 0 Å². The molecule has 1 aromatic heterocycles. The normalized spacial score (nSPS) is 15.6. The maximum Gasteiger partial charge on any atom is 0.326 e. The van der Waals surface area contributed by atoms with Crippen LogP contribution in [0, 0.1) is 0 Å². The Hall–Kier alpha value is -2.64. The third kappa shape index (κ3) is 4.91. The Labute approximate surface area is 147 Å². The predicted octanol–water partition coefficient (Wildman–Crippen LogP) is 0.442. The van der Waals surface area contributed by atoms with Crippen molar-refractivity contribution in [2.75, 3.05) is 38.1 Å². The summed E-state index contributed by atoms with van der Waals surface area (Å²) in [6.45, 7) is 4.02. The molecule has 0 aromatic carbocycles. The number of likely N-dealkylation sites (N-methyl/N-ethyl adjacent to an activating group) is 1. The van der Waals surface area contributed by atoms with E-state index < -0.39 is 12.0 Å². The van der Waals surface area contributed by atoms with Crippen LogP contribution >= 0.6 is 0 Å². The molecule has 1 aliphatic rings. The summed E-state index contributed by atoms with van der Waals surface area (Å²) in [4.78, 5) is 44.5. The van der Waals surface area contributed by atoms with E-state index in [0.717, 1.165) is 10.7 Å². The summed E-state index contributed by atoms with van der Waals surface area (Å²) in [5.41, 5.74) is 0. The summed E-state index contributed by atoms with van der Waals surface area (Å²) in [7, 11) is 1.44. The summed E-state index contributed by atoms with van der Waals surface area (Å²) in [5.74, 6) is -0.581. The van der Waals surface area contributed by atoms with Gasteiger partial charge in [-0.3, -0.25) is 9.59 Å². The number of carboxylic acid groups (broad SMARTS) is 1. The van der Waals surface area contributed by atoms with Gasteiger partial charge in [-0.25, -0.2) is 9.78 Å². The topological polar surface area (TPSA) is 94.0 Å². The van der Waals surface area contributed by atoms with Crippen molar-refractivity contribution >= 4 is 23.6 Å². The predicted molar refractivity (Wildman–Crippen MR) is 92.1 cm³/mol. The molecule has 1 unspecified atom stereocenters. The van der Waals surface area contributed by atoms with Crippen molar-refractivity contribution < 1.29 is 19.5 Å². The Morgan fingerprint density at radius 1 is 1.20 bits per heavy atom. The minimum absolute atomic E-state index is 0.0212. The van der Waals surface area contributed by atoms with Crippen LogP contribution in [0.5, 0.6) is 0 Å². The molecule has 0 radical (unpaired) electrons. The van der Waals surface area contributed by atoms with Crippen LogP contribution in [0.2, 0.25) is 0 Å².